The largest absolute Gasteiger partial charge is 0.383 e. The van der Waals surface area contributed by atoms with Crippen LogP contribution in [0.25, 0.3) is 10.9 Å². The van der Waals surface area contributed by atoms with Crippen molar-refractivity contribution in [2.24, 2.45) is 0 Å². The number of H-pyrrole nitrogens is 1. The van der Waals surface area contributed by atoms with Crippen molar-refractivity contribution in [1.29, 1.82) is 0 Å². The van der Waals surface area contributed by atoms with Gasteiger partial charge >= 0.3 is 0 Å². The van der Waals surface area contributed by atoms with Crippen LogP contribution in [0.1, 0.15) is 11.4 Å². The summed E-state index contributed by atoms with van der Waals surface area (Å²) in [4.78, 5) is 21.9. The third-order valence-electron chi connectivity index (χ3n) is 4.00. The minimum absolute atomic E-state index is 0.120. The van der Waals surface area contributed by atoms with Crippen LogP contribution in [0.4, 0.5) is 0 Å². The molecule has 1 N–H and O–H groups in total. The number of aromatic amines is 1. The summed E-state index contributed by atoms with van der Waals surface area (Å²) in [7, 11) is 1.67. The van der Waals surface area contributed by atoms with E-state index in [1.807, 2.05) is 42.5 Å². The van der Waals surface area contributed by atoms with Crippen LogP contribution in [-0.4, -0.2) is 35.1 Å². The van der Waals surface area contributed by atoms with Gasteiger partial charge in [-0.25, -0.2) is 4.98 Å². The van der Waals surface area contributed by atoms with Gasteiger partial charge in [-0.3, -0.25) is 9.69 Å². The lowest BCUT2D eigenvalue weighted by Crippen LogP contribution is -2.28. The van der Waals surface area contributed by atoms with Crippen LogP contribution in [0.15, 0.2) is 53.3 Å². The second-order valence-electron chi connectivity index (χ2n) is 5.82. The van der Waals surface area contributed by atoms with Gasteiger partial charge in [-0.1, -0.05) is 41.9 Å². The molecule has 1 aromatic heterocycles. The minimum atomic E-state index is -0.120. The predicted octanol–water partition coefficient (Wildman–Crippen LogP) is 3.23. The molecule has 0 aliphatic heterocycles. The summed E-state index contributed by atoms with van der Waals surface area (Å²) in [6, 6.07) is 15.1. The average Bonchev–Trinajstić information content (AvgIpc) is 2.61. The van der Waals surface area contributed by atoms with Gasteiger partial charge in [-0.15, -0.1) is 0 Å². The molecule has 0 atom stereocenters. The molecule has 25 heavy (non-hydrogen) atoms. The highest BCUT2D eigenvalue weighted by Crippen LogP contribution is 2.18. The fraction of sp³-hybridized carbons (Fsp3) is 0.263. The number of para-hydroxylation sites is 1. The average molecular weight is 358 g/mol. The summed E-state index contributed by atoms with van der Waals surface area (Å²) < 4.78 is 5.20. The number of rotatable bonds is 7. The summed E-state index contributed by atoms with van der Waals surface area (Å²) in [5.41, 5.74) is 1.61. The maximum atomic E-state index is 12.2. The maximum Gasteiger partial charge on any atom is 0.258 e. The van der Waals surface area contributed by atoms with E-state index in [4.69, 9.17) is 16.3 Å². The number of nitrogens with zero attached hydrogens (tertiary/aromatic N) is 2. The molecule has 0 radical (unpaired) electrons. The summed E-state index contributed by atoms with van der Waals surface area (Å²) in [5, 5.41) is 1.32. The molecule has 130 valence electrons. The molecule has 3 aromatic rings. The van der Waals surface area contributed by atoms with Gasteiger partial charge in [0, 0.05) is 25.2 Å². The zero-order chi connectivity index (χ0) is 17.6. The van der Waals surface area contributed by atoms with Crippen molar-refractivity contribution < 1.29 is 4.74 Å². The molecule has 3 rings (SSSR count). The first-order valence-electron chi connectivity index (χ1n) is 8.10. The molecule has 5 nitrogen and oxygen atoms in total. The molecular formula is C19H20ClN3O2. The second kappa shape index (κ2) is 8.25. The van der Waals surface area contributed by atoms with Gasteiger partial charge in [0.1, 0.15) is 5.82 Å². The van der Waals surface area contributed by atoms with Crippen LogP contribution in [0.3, 0.4) is 0 Å². The quantitative estimate of drug-likeness (QED) is 0.705. The van der Waals surface area contributed by atoms with E-state index in [9.17, 15) is 4.79 Å². The van der Waals surface area contributed by atoms with E-state index in [0.29, 0.717) is 43.0 Å². The van der Waals surface area contributed by atoms with E-state index in [-0.39, 0.29) is 5.56 Å². The zero-order valence-electron chi connectivity index (χ0n) is 14.0. The lowest BCUT2D eigenvalue weighted by Gasteiger charge is -2.22. The van der Waals surface area contributed by atoms with E-state index in [1.54, 1.807) is 13.2 Å². The normalized spacial score (nSPS) is 11.3. The molecule has 0 spiro atoms. The number of fused-ring (bicyclic) bond motifs is 1. The number of aromatic nitrogens is 2. The van der Waals surface area contributed by atoms with Crippen molar-refractivity contribution in [2.75, 3.05) is 20.3 Å². The van der Waals surface area contributed by atoms with Crippen LogP contribution in [0.2, 0.25) is 5.02 Å². The van der Waals surface area contributed by atoms with E-state index in [2.05, 4.69) is 14.9 Å². The molecule has 0 aliphatic rings. The van der Waals surface area contributed by atoms with Gasteiger partial charge in [0.15, 0.2) is 0 Å². The molecule has 0 amide bonds. The zero-order valence-corrected chi connectivity index (χ0v) is 14.8. The Labute approximate surface area is 151 Å². The second-order valence-corrected chi connectivity index (χ2v) is 6.23. The summed E-state index contributed by atoms with van der Waals surface area (Å²) in [6.07, 6.45) is 0. The van der Waals surface area contributed by atoms with Crippen molar-refractivity contribution in [1.82, 2.24) is 14.9 Å². The number of nitrogens with one attached hydrogen (secondary N) is 1. The van der Waals surface area contributed by atoms with Gasteiger partial charge in [0.2, 0.25) is 0 Å². The standard InChI is InChI=1S/C19H20ClN3O2/c1-25-11-10-23(12-14-6-2-4-8-16(14)20)13-18-21-17-9-5-3-7-15(17)19(24)22-18/h2-9H,10-13H2,1H3,(H,21,22,24). The van der Waals surface area contributed by atoms with Crippen molar-refractivity contribution in [2.45, 2.75) is 13.1 Å². The van der Waals surface area contributed by atoms with Crippen molar-refractivity contribution in [3.63, 3.8) is 0 Å². The Morgan fingerprint density at radius 3 is 2.68 bits per heavy atom. The summed E-state index contributed by atoms with van der Waals surface area (Å²) in [6.45, 7) is 2.45. The van der Waals surface area contributed by atoms with E-state index in [0.717, 1.165) is 10.6 Å². The molecule has 6 heteroatoms. The Morgan fingerprint density at radius 1 is 1.12 bits per heavy atom. The lowest BCUT2D eigenvalue weighted by atomic mass is 10.2. The Kier molecular flexibility index (Phi) is 5.81. The molecule has 0 saturated heterocycles. The fourth-order valence-electron chi connectivity index (χ4n) is 2.72. The van der Waals surface area contributed by atoms with Crippen LogP contribution in [0, 0.1) is 0 Å². The van der Waals surface area contributed by atoms with Crippen LogP contribution in [0.5, 0.6) is 0 Å². The van der Waals surface area contributed by atoms with E-state index in [1.165, 1.54) is 0 Å². The highest BCUT2D eigenvalue weighted by atomic mass is 35.5. The van der Waals surface area contributed by atoms with E-state index >= 15 is 0 Å². The van der Waals surface area contributed by atoms with Gasteiger partial charge in [0.25, 0.3) is 5.56 Å². The number of halogens is 1. The Morgan fingerprint density at radius 2 is 1.88 bits per heavy atom. The number of ether oxygens (including phenoxy) is 1. The third kappa shape index (κ3) is 4.45. The molecule has 0 saturated carbocycles. The van der Waals surface area contributed by atoms with Gasteiger partial charge in [-0.2, -0.15) is 0 Å². The van der Waals surface area contributed by atoms with E-state index < -0.39 is 0 Å². The first kappa shape index (κ1) is 17.6. The smallest absolute Gasteiger partial charge is 0.258 e. The number of benzene rings is 2. The molecule has 0 bridgehead atoms. The SMILES string of the molecule is COCCN(Cc1nc2ccccc2c(=O)[nH]1)Cc1ccccc1Cl. The Bertz CT molecular complexity index is 910. The van der Waals surface area contributed by atoms with Crippen LogP contribution < -0.4 is 5.56 Å². The summed E-state index contributed by atoms with van der Waals surface area (Å²) in [5.74, 6) is 0.631. The van der Waals surface area contributed by atoms with Gasteiger partial charge in [0.05, 0.1) is 24.1 Å². The molecule has 1 heterocycles. The van der Waals surface area contributed by atoms with Crippen LogP contribution >= 0.6 is 11.6 Å². The first-order valence-corrected chi connectivity index (χ1v) is 8.48. The van der Waals surface area contributed by atoms with Crippen molar-refractivity contribution in [3.8, 4) is 0 Å². The van der Waals surface area contributed by atoms with Crippen LogP contribution in [-0.2, 0) is 17.8 Å². The number of methoxy groups -OCH3 is 1. The lowest BCUT2D eigenvalue weighted by molar-refractivity contribution is 0.138. The van der Waals surface area contributed by atoms with Crippen molar-refractivity contribution >= 4 is 22.5 Å². The number of hydrogen-bond acceptors (Lipinski definition) is 4. The molecule has 0 unspecified atom stereocenters. The monoisotopic (exact) mass is 357 g/mol. The van der Waals surface area contributed by atoms with Crippen molar-refractivity contribution in [3.05, 3.63) is 75.3 Å². The van der Waals surface area contributed by atoms with Gasteiger partial charge < -0.3 is 9.72 Å². The predicted molar refractivity (Wildman–Crippen MR) is 99.8 cm³/mol. The topological polar surface area (TPSA) is 58.2 Å². The highest BCUT2D eigenvalue weighted by molar-refractivity contribution is 6.31. The first-order chi connectivity index (χ1) is 12.2. The fourth-order valence-corrected chi connectivity index (χ4v) is 2.92. The number of hydrogen-bond donors (Lipinski definition) is 1. The minimum Gasteiger partial charge on any atom is -0.383 e. The Hall–Kier alpha value is -2.21. The molecular weight excluding hydrogens is 338 g/mol. The Balaban J connectivity index is 1.85. The molecule has 0 aliphatic carbocycles. The molecule has 0 fully saturated rings. The summed E-state index contributed by atoms with van der Waals surface area (Å²) >= 11 is 6.28. The van der Waals surface area contributed by atoms with Gasteiger partial charge in [-0.05, 0) is 23.8 Å². The highest BCUT2D eigenvalue weighted by Gasteiger charge is 2.12. The third-order valence-corrected chi connectivity index (χ3v) is 4.37. The maximum absolute atomic E-state index is 12.2. The molecule has 2 aromatic carbocycles.